The highest BCUT2D eigenvalue weighted by molar-refractivity contribution is 6.21. The lowest BCUT2D eigenvalue weighted by Crippen LogP contribution is -2.19. The van der Waals surface area contributed by atoms with Gasteiger partial charge in [0.1, 0.15) is 11.9 Å². The van der Waals surface area contributed by atoms with Crippen LogP contribution in [0.2, 0.25) is 0 Å². The number of carbonyl (C=O) groups excluding carboxylic acids is 2. The number of amides is 2. The normalized spacial score (nSPS) is 12.5. The smallest absolute Gasteiger partial charge is 0.259 e. The molecule has 7 nitrogen and oxygen atoms in total. The van der Waals surface area contributed by atoms with E-state index in [0.717, 1.165) is 0 Å². The summed E-state index contributed by atoms with van der Waals surface area (Å²) in [5.41, 5.74) is 7.41. The largest absolute Gasteiger partial charge is 0.397 e. The van der Waals surface area contributed by atoms with Gasteiger partial charge in [-0.05, 0) is 24.3 Å². The number of pyridine rings is 1. The fourth-order valence-corrected chi connectivity index (χ4v) is 2.05. The monoisotopic (exact) mass is 279 g/mol. The third-order valence-corrected chi connectivity index (χ3v) is 3.03. The van der Waals surface area contributed by atoms with Crippen LogP contribution in [0.15, 0.2) is 30.5 Å². The zero-order chi connectivity index (χ0) is 15.0. The summed E-state index contributed by atoms with van der Waals surface area (Å²) >= 11 is 0. The number of benzene rings is 1. The van der Waals surface area contributed by atoms with E-state index in [2.05, 4.69) is 15.6 Å². The predicted molar refractivity (Wildman–Crippen MR) is 74.9 cm³/mol. The molecule has 1 aliphatic rings. The van der Waals surface area contributed by atoms with Crippen molar-refractivity contribution in [2.24, 2.45) is 0 Å². The van der Waals surface area contributed by atoms with Crippen LogP contribution in [-0.2, 0) is 0 Å². The number of nitrogens with one attached hydrogen (secondary N) is 2. The summed E-state index contributed by atoms with van der Waals surface area (Å²) in [5, 5.41) is 14.2. The number of hydrogen-bond donors (Lipinski definition) is 3. The van der Waals surface area contributed by atoms with E-state index in [9.17, 15) is 9.59 Å². The second kappa shape index (κ2) is 4.61. The molecular formula is C14H9N5O2. The van der Waals surface area contributed by atoms with E-state index in [1.807, 2.05) is 6.07 Å². The van der Waals surface area contributed by atoms with Gasteiger partial charge in [0.25, 0.3) is 11.8 Å². The highest BCUT2D eigenvalue weighted by Gasteiger charge is 2.26. The van der Waals surface area contributed by atoms with Crippen molar-refractivity contribution in [2.75, 3.05) is 11.1 Å². The van der Waals surface area contributed by atoms with Gasteiger partial charge in [-0.3, -0.25) is 14.9 Å². The number of fused-ring (bicyclic) bond motifs is 1. The Morgan fingerprint density at radius 1 is 1.19 bits per heavy atom. The van der Waals surface area contributed by atoms with Crippen molar-refractivity contribution in [3.8, 4) is 6.07 Å². The molecule has 1 aromatic carbocycles. The van der Waals surface area contributed by atoms with Crippen molar-refractivity contribution in [3.05, 3.63) is 47.2 Å². The van der Waals surface area contributed by atoms with Gasteiger partial charge < -0.3 is 11.1 Å². The lowest BCUT2D eigenvalue weighted by molar-refractivity contribution is 0.0879. The number of hydrogen-bond acceptors (Lipinski definition) is 6. The number of aromatic nitrogens is 1. The number of rotatable bonds is 2. The van der Waals surface area contributed by atoms with Crippen molar-refractivity contribution >= 4 is 29.0 Å². The Hall–Kier alpha value is -3.40. The van der Waals surface area contributed by atoms with E-state index in [1.54, 1.807) is 12.1 Å². The molecule has 102 valence electrons. The fourth-order valence-electron chi connectivity index (χ4n) is 2.05. The van der Waals surface area contributed by atoms with Gasteiger partial charge in [-0.1, -0.05) is 0 Å². The molecule has 3 rings (SSSR count). The minimum Gasteiger partial charge on any atom is -0.397 e. The number of imide groups is 1. The summed E-state index contributed by atoms with van der Waals surface area (Å²) < 4.78 is 0. The fraction of sp³-hybridized carbons (Fsp3) is 0. The molecule has 7 heteroatoms. The molecule has 1 aromatic heterocycles. The Kier molecular flexibility index (Phi) is 2.77. The first kappa shape index (κ1) is 12.6. The van der Waals surface area contributed by atoms with Crippen molar-refractivity contribution in [2.45, 2.75) is 0 Å². The van der Waals surface area contributed by atoms with Crippen molar-refractivity contribution in [1.29, 1.82) is 5.26 Å². The van der Waals surface area contributed by atoms with Crippen LogP contribution >= 0.6 is 0 Å². The first-order chi connectivity index (χ1) is 10.1. The van der Waals surface area contributed by atoms with Crippen LogP contribution in [0.25, 0.3) is 0 Å². The zero-order valence-electron chi connectivity index (χ0n) is 10.7. The van der Waals surface area contributed by atoms with Gasteiger partial charge in [-0.2, -0.15) is 5.26 Å². The van der Waals surface area contributed by atoms with Gasteiger partial charge in [0.05, 0.1) is 28.6 Å². The van der Waals surface area contributed by atoms with Crippen molar-refractivity contribution < 1.29 is 9.59 Å². The molecule has 0 aliphatic carbocycles. The maximum absolute atomic E-state index is 11.6. The molecule has 21 heavy (non-hydrogen) atoms. The summed E-state index contributed by atoms with van der Waals surface area (Å²) in [6.07, 6.45) is 1.42. The topological polar surface area (TPSA) is 121 Å². The van der Waals surface area contributed by atoms with Crippen molar-refractivity contribution in [1.82, 2.24) is 10.3 Å². The third-order valence-electron chi connectivity index (χ3n) is 3.03. The quantitative estimate of drug-likeness (QED) is 0.709. The van der Waals surface area contributed by atoms with E-state index in [1.165, 1.54) is 18.3 Å². The Morgan fingerprint density at radius 3 is 2.71 bits per heavy atom. The van der Waals surface area contributed by atoms with Gasteiger partial charge in [-0.25, -0.2) is 4.98 Å². The Balaban J connectivity index is 1.97. The summed E-state index contributed by atoms with van der Waals surface area (Å²) in [4.78, 5) is 27.1. The first-order valence-electron chi connectivity index (χ1n) is 6.01. The van der Waals surface area contributed by atoms with Crippen LogP contribution in [0, 0.1) is 11.3 Å². The molecule has 0 saturated carbocycles. The first-order valence-corrected chi connectivity index (χ1v) is 6.01. The molecule has 0 saturated heterocycles. The Bertz CT molecular complexity index is 823. The highest BCUT2D eigenvalue weighted by atomic mass is 16.2. The molecule has 2 amide bonds. The molecule has 2 aromatic rings. The molecule has 2 heterocycles. The minimum absolute atomic E-state index is 0.288. The molecule has 0 spiro atoms. The average Bonchev–Trinajstić information content (AvgIpc) is 2.75. The zero-order valence-corrected chi connectivity index (χ0v) is 10.7. The number of nitriles is 1. The Labute approximate surface area is 119 Å². The summed E-state index contributed by atoms with van der Waals surface area (Å²) in [6, 6.07) is 8.20. The SMILES string of the molecule is N#Cc1cc(N)cnc1Nc1ccc2c(c1)C(=O)NC2=O. The predicted octanol–water partition coefficient (Wildman–Crippen LogP) is 1.16. The number of carbonyl (C=O) groups is 2. The molecule has 1 aliphatic heterocycles. The summed E-state index contributed by atoms with van der Waals surface area (Å²) in [6.45, 7) is 0. The third kappa shape index (κ3) is 2.15. The molecule has 0 bridgehead atoms. The molecule has 0 radical (unpaired) electrons. The van der Waals surface area contributed by atoms with Crippen LogP contribution in [0.5, 0.6) is 0 Å². The molecule has 4 N–H and O–H groups in total. The van der Waals surface area contributed by atoms with Gasteiger partial charge in [-0.15, -0.1) is 0 Å². The second-order valence-electron chi connectivity index (χ2n) is 4.45. The maximum atomic E-state index is 11.6. The van der Waals surface area contributed by atoms with E-state index in [0.29, 0.717) is 28.3 Å². The van der Waals surface area contributed by atoms with Gasteiger partial charge in [0.15, 0.2) is 0 Å². The maximum Gasteiger partial charge on any atom is 0.259 e. The second-order valence-corrected chi connectivity index (χ2v) is 4.45. The van der Waals surface area contributed by atoms with Crippen LogP contribution < -0.4 is 16.4 Å². The van der Waals surface area contributed by atoms with Crippen LogP contribution in [0.1, 0.15) is 26.3 Å². The highest BCUT2D eigenvalue weighted by Crippen LogP contribution is 2.24. The summed E-state index contributed by atoms with van der Waals surface area (Å²) in [5.74, 6) is -0.523. The van der Waals surface area contributed by atoms with Gasteiger partial charge >= 0.3 is 0 Å². The number of nitrogens with two attached hydrogens (primary N) is 1. The van der Waals surface area contributed by atoms with Gasteiger partial charge in [0, 0.05) is 5.69 Å². The molecular weight excluding hydrogens is 270 g/mol. The number of anilines is 3. The van der Waals surface area contributed by atoms with Gasteiger partial charge in [0.2, 0.25) is 0 Å². The van der Waals surface area contributed by atoms with E-state index in [4.69, 9.17) is 11.0 Å². The lowest BCUT2D eigenvalue weighted by atomic mass is 10.1. The van der Waals surface area contributed by atoms with Crippen molar-refractivity contribution in [3.63, 3.8) is 0 Å². The Morgan fingerprint density at radius 2 is 1.95 bits per heavy atom. The minimum atomic E-state index is -0.440. The number of nitrogen functional groups attached to an aromatic ring is 1. The summed E-state index contributed by atoms with van der Waals surface area (Å²) in [7, 11) is 0. The standard InChI is InChI=1S/C14H9N5O2/c15-5-7-3-8(16)6-17-12(7)18-9-1-2-10-11(4-9)14(21)19-13(10)20/h1-4,6H,16H2,(H,17,18)(H,19,20,21). The van der Waals surface area contributed by atoms with E-state index in [-0.39, 0.29) is 5.56 Å². The molecule has 0 atom stereocenters. The van der Waals surface area contributed by atoms with Crippen LogP contribution in [-0.4, -0.2) is 16.8 Å². The van der Waals surface area contributed by atoms with Crippen LogP contribution in [0.4, 0.5) is 17.2 Å². The molecule has 0 fully saturated rings. The van der Waals surface area contributed by atoms with Crippen LogP contribution in [0.3, 0.4) is 0 Å². The van der Waals surface area contributed by atoms with E-state index < -0.39 is 11.8 Å². The number of nitrogens with zero attached hydrogens (tertiary/aromatic N) is 2. The molecule has 0 unspecified atom stereocenters. The average molecular weight is 279 g/mol. The lowest BCUT2D eigenvalue weighted by Gasteiger charge is -2.08. The van der Waals surface area contributed by atoms with E-state index >= 15 is 0 Å².